The molecule has 0 saturated carbocycles. The monoisotopic (exact) mass is 914 g/mol. The number of aliphatic hydroxyl groups is 1. The van der Waals surface area contributed by atoms with Gasteiger partial charge >= 0.3 is 0 Å². The van der Waals surface area contributed by atoms with Gasteiger partial charge in [0.25, 0.3) is 0 Å². The quantitative estimate of drug-likeness (QED) is 0.0656. The molecule has 53 heavy (non-hydrogen) atoms. The minimum absolute atomic E-state index is 0. The van der Waals surface area contributed by atoms with Gasteiger partial charge in [-0.2, -0.15) is 0 Å². The van der Waals surface area contributed by atoms with Crippen molar-refractivity contribution in [3.05, 3.63) is 71.6 Å². The number of carbonyl (C=O) groups excluding carboxylic acids is 1. The average Bonchev–Trinajstić information content (AvgIpc) is 3.05. The molecule has 4 aromatic rings. The van der Waals surface area contributed by atoms with Gasteiger partial charge < -0.3 is 9.84 Å². The molecule has 0 bridgehead atoms. The number of allylic oxidation sites excluding steroid dienone is 2. The van der Waals surface area contributed by atoms with Crippen molar-refractivity contribution in [3.8, 4) is 22.8 Å². The van der Waals surface area contributed by atoms with Gasteiger partial charge in [-0.25, -0.2) is 0 Å². The van der Waals surface area contributed by atoms with Crippen molar-refractivity contribution >= 4 is 40.6 Å². The number of ketones is 1. The smallest absolute Gasteiger partial charge is 0.164 e. The zero-order chi connectivity index (χ0) is 39.9. The van der Waals surface area contributed by atoms with Crippen LogP contribution in [0.4, 0.5) is 0 Å². The van der Waals surface area contributed by atoms with Crippen molar-refractivity contribution in [1.29, 1.82) is 0 Å². The zero-order valence-electron chi connectivity index (χ0n) is 36.3. The first kappa shape index (κ1) is 42.9. The van der Waals surface area contributed by atoms with E-state index < -0.39 is 8.07 Å². The van der Waals surface area contributed by atoms with Gasteiger partial charge in [0.05, 0.1) is 15.2 Å². The molecule has 3 aromatic carbocycles. The van der Waals surface area contributed by atoms with Crippen molar-refractivity contribution in [3.63, 3.8) is 0 Å². The number of benzene rings is 3. The molecule has 2 heterocycles. The molecule has 0 unspecified atom stereocenters. The summed E-state index contributed by atoms with van der Waals surface area (Å²) in [6, 6.07) is 16.9. The maximum absolute atomic E-state index is 12.2. The molecule has 4 nitrogen and oxygen atoms in total. The van der Waals surface area contributed by atoms with Crippen LogP contribution < -0.4 is 9.92 Å². The molecule has 0 fully saturated rings. The Morgan fingerprint density at radius 3 is 1.98 bits per heavy atom. The first-order valence-electron chi connectivity index (χ1n) is 20.0. The number of aliphatic hydroxyl groups excluding tert-OH is 1. The third-order valence-electron chi connectivity index (χ3n) is 11.3. The molecule has 291 valence electrons. The van der Waals surface area contributed by atoms with Crippen LogP contribution in [0.5, 0.6) is 11.5 Å². The third kappa shape index (κ3) is 10.1. The molecule has 0 aliphatic carbocycles. The number of fused-ring (bicyclic) bond motifs is 3. The van der Waals surface area contributed by atoms with Gasteiger partial charge in [0, 0.05) is 54.3 Å². The van der Waals surface area contributed by atoms with Gasteiger partial charge in [0.1, 0.15) is 11.5 Å². The molecule has 1 aliphatic heterocycles. The van der Waals surface area contributed by atoms with Crippen LogP contribution in [0.3, 0.4) is 0 Å². The molecular weight excluding hydrogens is 847 g/mol. The predicted molar refractivity (Wildman–Crippen MR) is 226 cm³/mol. The number of carbonyl (C=O) groups is 1. The number of hydrogen-bond donors (Lipinski definition) is 1. The molecule has 0 spiro atoms. The number of hydrogen-bond acceptors (Lipinski definition) is 4. The molecule has 0 atom stereocenters. The van der Waals surface area contributed by atoms with Gasteiger partial charge in [-0.3, -0.25) is 9.78 Å². The van der Waals surface area contributed by atoms with Crippen molar-refractivity contribution < 1.29 is 36.1 Å². The summed E-state index contributed by atoms with van der Waals surface area (Å²) in [6.07, 6.45) is 6.93. The second-order valence-corrected chi connectivity index (χ2v) is 24.2. The zero-order valence-corrected chi connectivity index (χ0v) is 38.7. The molecular formula is C47H66IrNO3Si-. The van der Waals surface area contributed by atoms with Crippen molar-refractivity contribution in [1.82, 2.24) is 4.98 Å². The molecule has 1 aromatic heterocycles. The Balaban J connectivity index is 0.000000372. The number of rotatable bonds is 10. The number of nitrogens with zero attached hydrogens (tertiary/aromatic N) is 1. The fourth-order valence-electron chi connectivity index (χ4n) is 6.84. The van der Waals surface area contributed by atoms with Gasteiger partial charge in [0.2, 0.25) is 0 Å². The summed E-state index contributed by atoms with van der Waals surface area (Å²) >= 11 is 0. The largest absolute Gasteiger partial charge is 0.512 e. The van der Waals surface area contributed by atoms with Crippen molar-refractivity contribution in [2.75, 3.05) is 0 Å². The van der Waals surface area contributed by atoms with Crippen LogP contribution in [0.2, 0.25) is 19.6 Å². The normalized spacial score (nSPS) is 13.8. The maximum atomic E-state index is 12.2. The Morgan fingerprint density at radius 1 is 0.868 bits per heavy atom. The van der Waals surface area contributed by atoms with Crippen LogP contribution >= 0.6 is 0 Å². The fraction of sp³-hybridized carbons (Fsp3) is 0.532. The predicted octanol–water partition coefficient (Wildman–Crippen LogP) is 13.3. The van der Waals surface area contributed by atoms with E-state index in [-0.39, 0.29) is 59.5 Å². The Kier molecular flexibility index (Phi) is 13.4. The summed E-state index contributed by atoms with van der Waals surface area (Å²) in [5, 5.41) is 15.8. The molecule has 0 saturated heterocycles. The average molecular weight is 914 g/mol. The van der Waals surface area contributed by atoms with Gasteiger partial charge in [-0.1, -0.05) is 148 Å². The topological polar surface area (TPSA) is 59.4 Å². The van der Waals surface area contributed by atoms with E-state index in [4.69, 9.17) is 11.1 Å². The van der Waals surface area contributed by atoms with Gasteiger partial charge in [-0.05, 0) is 66.9 Å². The molecule has 1 aliphatic rings. The van der Waals surface area contributed by atoms with Crippen LogP contribution in [-0.4, -0.2) is 23.9 Å². The van der Waals surface area contributed by atoms with Crippen molar-refractivity contribution in [2.45, 2.75) is 141 Å². The van der Waals surface area contributed by atoms with E-state index >= 15 is 0 Å². The van der Waals surface area contributed by atoms with E-state index in [0.717, 1.165) is 77.4 Å². The Labute approximate surface area is 337 Å². The van der Waals surface area contributed by atoms with E-state index in [9.17, 15) is 9.90 Å². The minimum Gasteiger partial charge on any atom is -0.512 e. The van der Waals surface area contributed by atoms with E-state index in [2.05, 4.69) is 97.6 Å². The summed E-state index contributed by atoms with van der Waals surface area (Å²) in [7, 11) is -1.59. The fourth-order valence-corrected chi connectivity index (χ4v) is 8.00. The Morgan fingerprint density at radius 2 is 1.45 bits per heavy atom. The van der Waals surface area contributed by atoms with E-state index in [1.165, 1.54) is 27.8 Å². The number of aromatic nitrogens is 1. The van der Waals surface area contributed by atoms with Crippen LogP contribution in [0, 0.1) is 27.7 Å². The second-order valence-electron chi connectivity index (χ2n) is 19.1. The number of ether oxygens (including phenoxy) is 1. The summed E-state index contributed by atoms with van der Waals surface area (Å²) < 4.78 is 15.3. The standard InChI is InChI=1S/C32H38NOSi.C15H28O2.Ir/c1-31(2,3)18-20-10-11-24-22(14-20)16-25-29-28-21(12-13-33-29)15-23(35(7,8)9)17-27(28)34-30(25)26(24)19-32(4,5)6;1-7-14(5,8-2)12(16)11-13(17)15(6,9-3)10-4;/h10-15,17H,18-19H2,1-9H3;11,16H,7-10H2,1-6H3;/q-1;;/b;12-11-;/i13D;;. The molecule has 1 N–H and O–H groups in total. The van der Waals surface area contributed by atoms with Crippen LogP contribution in [0.1, 0.15) is 121 Å². The summed E-state index contributed by atoms with van der Waals surface area (Å²) in [4.78, 5) is 16.9. The van der Waals surface area contributed by atoms with Gasteiger partial charge in [0.15, 0.2) is 5.78 Å². The Bertz CT molecular complexity index is 2020. The molecule has 5 rings (SSSR count). The first-order valence-corrected chi connectivity index (χ1v) is 23.0. The van der Waals surface area contributed by atoms with Crippen LogP contribution in [-0.2, 0) is 37.7 Å². The summed E-state index contributed by atoms with van der Waals surface area (Å²) in [6.45, 7) is 32.8. The molecule has 6 heteroatoms. The van der Waals surface area contributed by atoms with E-state index in [0.29, 0.717) is 0 Å². The minimum atomic E-state index is -1.59. The maximum Gasteiger partial charge on any atom is 0.164 e. The Hall–Kier alpha value is -2.79. The van der Waals surface area contributed by atoms with Crippen LogP contribution in [0.25, 0.3) is 32.8 Å². The van der Waals surface area contributed by atoms with E-state index in [1.54, 1.807) is 0 Å². The second kappa shape index (κ2) is 16.5. The third-order valence-corrected chi connectivity index (χ3v) is 13.3. The van der Waals surface area contributed by atoms with E-state index in [1.807, 2.05) is 47.6 Å². The number of pyridine rings is 1. The molecule has 0 amide bonds. The van der Waals surface area contributed by atoms with Crippen LogP contribution in [0.15, 0.2) is 54.4 Å². The first-order chi connectivity index (χ1) is 24.4. The molecule has 1 radical (unpaired) electrons. The summed E-state index contributed by atoms with van der Waals surface area (Å²) in [5.41, 5.74) is 3.93. The summed E-state index contributed by atoms with van der Waals surface area (Å²) in [5.74, 6) is 2.02. The SMILES string of the molecule is CCC(C)(CC)C(=O)/C=C(\O)C(C)(CC)CC.[2H]c1cc2cc([Si](C)(C)C)cc3c2c(n1)-c1[c-]c2cc(CC(C)(C)C)ccc2c(CC(C)(C)C)c1O3.[Ir]. The van der Waals surface area contributed by atoms with Crippen molar-refractivity contribution in [2.24, 2.45) is 21.7 Å². The van der Waals surface area contributed by atoms with Gasteiger partial charge in [-0.15, -0.1) is 17.5 Å².